The smallest absolute Gasteiger partial charge is 0.290 e. The molecule has 5 nitrogen and oxygen atoms in total. The summed E-state index contributed by atoms with van der Waals surface area (Å²) >= 11 is 0. The van der Waals surface area contributed by atoms with Gasteiger partial charge in [-0.3, -0.25) is 15.1 Å². The third-order valence-electron chi connectivity index (χ3n) is 2.97. The number of likely N-dealkylation sites (N-methyl/N-ethyl adjacent to an activating group) is 1. The highest BCUT2D eigenvalue weighted by Crippen LogP contribution is 2.20. The maximum atomic E-state index is 11.0. The predicted molar refractivity (Wildman–Crippen MR) is 71.6 cm³/mol. The highest BCUT2D eigenvalue weighted by atomic mass is 16.6. The molecule has 1 aromatic heterocycles. The molecule has 0 saturated carbocycles. The second-order valence-corrected chi connectivity index (χ2v) is 4.79. The number of hydrogen-bond donors (Lipinski definition) is 1. The summed E-state index contributed by atoms with van der Waals surface area (Å²) in [6.07, 6.45) is 0.587. The number of nitrogens with one attached hydrogen (secondary N) is 1. The molecule has 0 aliphatic carbocycles. The summed E-state index contributed by atoms with van der Waals surface area (Å²) in [6, 6.07) is 3.43. The van der Waals surface area contributed by atoms with Gasteiger partial charge in [0.15, 0.2) is 0 Å². The number of rotatable bonds is 6. The van der Waals surface area contributed by atoms with E-state index >= 15 is 0 Å². The summed E-state index contributed by atoms with van der Waals surface area (Å²) in [5.74, 6) is 0.409. The van der Waals surface area contributed by atoms with E-state index in [1.807, 2.05) is 13.8 Å². The predicted octanol–water partition coefficient (Wildman–Crippen LogP) is 2.47. The molecule has 100 valence electrons. The van der Waals surface area contributed by atoms with Crippen molar-refractivity contribution in [3.8, 4) is 0 Å². The largest absolute Gasteiger partial charge is 0.314 e. The lowest BCUT2D eigenvalue weighted by Crippen LogP contribution is -2.36. The normalized spacial score (nSPS) is 12.7. The van der Waals surface area contributed by atoms with Crippen LogP contribution in [0.5, 0.6) is 0 Å². The standard InChI is InChI=1S/C13H21N3O2/c1-5-14-11(9(2)3)8-12-13(16(17)18)7-6-10(4)15-12/h6-7,9,11,14H,5,8H2,1-4H3. The summed E-state index contributed by atoms with van der Waals surface area (Å²) in [5.41, 5.74) is 1.50. The van der Waals surface area contributed by atoms with Gasteiger partial charge in [0, 0.05) is 24.2 Å². The van der Waals surface area contributed by atoms with E-state index in [1.165, 1.54) is 0 Å². The maximum absolute atomic E-state index is 11.0. The van der Waals surface area contributed by atoms with E-state index in [-0.39, 0.29) is 16.7 Å². The lowest BCUT2D eigenvalue weighted by molar-refractivity contribution is -0.386. The van der Waals surface area contributed by atoms with Crippen molar-refractivity contribution in [2.75, 3.05) is 6.54 Å². The minimum Gasteiger partial charge on any atom is -0.314 e. The van der Waals surface area contributed by atoms with Gasteiger partial charge in [-0.1, -0.05) is 20.8 Å². The number of aromatic nitrogens is 1. The topological polar surface area (TPSA) is 68.1 Å². The molecule has 1 N–H and O–H groups in total. The second-order valence-electron chi connectivity index (χ2n) is 4.79. The minimum absolute atomic E-state index is 0.115. The van der Waals surface area contributed by atoms with Crippen molar-refractivity contribution in [1.82, 2.24) is 10.3 Å². The Morgan fingerprint density at radius 3 is 2.61 bits per heavy atom. The van der Waals surface area contributed by atoms with Crippen LogP contribution in [0.2, 0.25) is 0 Å². The molecule has 0 aliphatic heterocycles. The second kappa shape index (κ2) is 6.44. The lowest BCUT2D eigenvalue weighted by atomic mass is 9.98. The van der Waals surface area contributed by atoms with Crippen LogP contribution in [0, 0.1) is 23.0 Å². The lowest BCUT2D eigenvalue weighted by Gasteiger charge is -2.21. The van der Waals surface area contributed by atoms with Crippen LogP contribution in [0.15, 0.2) is 12.1 Å². The van der Waals surface area contributed by atoms with Crippen LogP contribution < -0.4 is 5.32 Å². The Bertz CT molecular complexity index is 419. The number of nitrogens with zero attached hydrogens (tertiary/aromatic N) is 2. The molecule has 1 heterocycles. The molecule has 0 radical (unpaired) electrons. The zero-order chi connectivity index (χ0) is 13.7. The molecule has 0 aromatic carbocycles. The summed E-state index contributed by atoms with van der Waals surface area (Å²) < 4.78 is 0. The van der Waals surface area contributed by atoms with Gasteiger partial charge >= 0.3 is 0 Å². The minimum atomic E-state index is -0.356. The maximum Gasteiger partial charge on any atom is 0.290 e. The zero-order valence-electron chi connectivity index (χ0n) is 11.4. The Morgan fingerprint density at radius 1 is 1.44 bits per heavy atom. The van der Waals surface area contributed by atoms with Gasteiger partial charge in [0.05, 0.1) is 4.92 Å². The fourth-order valence-corrected chi connectivity index (χ4v) is 1.93. The fraction of sp³-hybridized carbons (Fsp3) is 0.615. The van der Waals surface area contributed by atoms with E-state index in [2.05, 4.69) is 24.1 Å². The Balaban J connectivity index is 3.00. The number of pyridine rings is 1. The first-order valence-corrected chi connectivity index (χ1v) is 6.30. The fourth-order valence-electron chi connectivity index (χ4n) is 1.93. The van der Waals surface area contributed by atoms with Gasteiger partial charge in [0.25, 0.3) is 5.69 Å². The van der Waals surface area contributed by atoms with Crippen LogP contribution in [0.25, 0.3) is 0 Å². The summed E-state index contributed by atoms with van der Waals surface area (Å²) in [6.45, 7) is 8.95. The monoisotopic (exact) mass is 251 g/mol. The zero-order valence-corrected chi connectivity index (χ0v) is 11.4. The SMILES string of the molecule is CCNC(Cc1nc(C)ccc1[N+](=O)[O-])C(C)C. The molecular formula is C13H21N3O2. The van der Waals surface area contributed by atoms with Gasteiger partial charge in [-0.05, 0) is 25.5 Å². The van der Waals surface area contributed by atoms with Crippen LogP contribution in [0.3, 0.4) is 0 Å². The Morgan fingerprint density at radius 2 is 2.11 bits per heavy atom. The van der Waals surface area contributed by atoms with Crippen LogP contribution >= 0.6 is 0 Å². The van der Waals surface area contributed by atoms with Crippen molar-refractivity contribution in [2.45, 2.75) is 40.2 Å². The van der Waals surface area contributed by atoms with E-state index in [0.29, 0.717) is 18.0 Å². The van der Waals surface area contributed by atoms with Crippen LogP contribution in [-0.2, 0) is 6.42 Å². The molecule has 1 aromatic rings. The molecule has 0 aliphatic rings. The van der Waals surface area contributed by atoms with Gasteiger partial charge in [-0.15, -0.1) is 0 Å². The van der Waals surface area contributed by atoms with Gasteiger partial charge in [0.1, 0.15) is 5.69 Å². The van der Waals surface area contributed by atoms with Crippen molar-refractivity contribution < 1.29 is 4.92 Å². The first kappa shape index (κ1) is 14.6. The Hall–Kier alpha value is -1.49. The molecule has 1 atom stereocenters. The molecule has 0 saturated heterocycles. The number of aryl methyl sites for hydroxylation is 1. The highest BCUT2D eigenvalue weighted by molar-refractivity contribution is 5.36. The Labute approximate surface area is 108 Å². The van der Waals surface area contributed by atoms with Crippen molar-refractivity contribution in [1.29, 1.82) is 0 Å². The molecule has 0 spiro atoms. The van der Waals surface area contributed by atoms with Crippen LogP contribution in [-0.4, -0.2) is 22.5 Å². The number of hydrogen-bond acceptors (Lipinski definition) is 4. The van der Waals surface area contributed by atoms with E-state index < -0.39 is 0 Å². The van der Waals surface area contributed by atoms with Crippen molar-refractivity contribution in [3.63, 3.8) is 0 Å². The van der Waals surface area contributed by atoms with E-state index in [0.717, 1.165) is 12.2 Å². The molecule has 0 amide bonds. The molecule has 5 heteroatoms. The third-order valence-corrected chi connectivity index (χ3v) is 2.97. The highest BCUT2D eigenvalue weighted by Gasteiger charge is 2.21. The van der Waals surface area contributed by atoms with E-state index in [4.69, 9.17) is 0 Å². The van der Waals surface area contributed by atoms with Crippen LogP contribution in [0.1, 0.15) is 32.2 Å². The molecule has 1 unspecified atom stereocenters. The van der Waals surface area contributed by atoms with Crippen molar-refractivity contribution >= 4 is 5.69 Å². The molecular weight excluding hydrogens is 230 g/mol. The molecule has 0 bridgehead atoms. The average Bonchev–Trinajstić information content (AvgIpc) is 2.28. The Kier molecular flexibility index (Phi) is 5.22. The summed E-state index contributed by atoms with van der Waals surface area (Å²) in [4.78, 5) is 14.9. The van der Waals surface area contributed by atoms with Crippen LogP contribution in [0.4, 0.5) is 5.69 Å². The van der Waals surface area contributed by atoms with Gasteiger partial charge in [0.2, 0.25) is 0 Å². The molecule has 1 rings (SSSR count). The van der Waals surface area contributed by atoms with E-state index in [1.54, 1.807) is 12.1 Å². The van der Waals surface area contributed by atoms with Gasteiger partial charge < -0.3 is 5.32 Å². The molecule has 0 fully saturated rings. The molecule has 18 heavy (non-hydrogen) atoms. The summed E-state index contributed by atoms with van der Waals surface area (Å²) in [7, 11) is 0. The van der Waals surface area contributed by atoms with Crippen molar-refractivity contribution in [2.24, 2.45) is 5.92 Å². The van der Waals surface area contributed by atoms with Gasteiger partial charge in [-0.25, -0.2) is 0 Å². The first-order valence-electron chi connectivity index (χ1n) is 6.30. The van der Waals surface area contributed by atoms with E-state index in [9.17, 15) is 10.1 Å². The number of nitro groups is 1. The first-order chi connectivity index (χ1) is 8.45. The van der Waals surface area contributed by atoms with Crippen molar-refractivity contribution in [3.05, 3.63) is 33.6 Å². The third kappa shape index (κ3) is 3.77. The van der Waals surface area contributed by atoms with Gasteiger partial charge in [-0.2, -0.15) is 0 Å². The average molecular weight is 251 g/mol. The summed E-state index contributed by atoms with van der Waals surface area (Å²) in [5, 5.41) is 14.3. The quantitative estimate of drug-likeness (QED) is 0.623.